The third kappa shape index (κ3) is 2.04. The molecule has 1 aromatic heterocycles. The summed E-state index contributed by atoms with van der Waals surface area (Å²) in [4.78, 5) is 4.00. The minimum atomic E-state index is -0.408. The molecule has 0 aliphatic rings. The molecule has 1 unspecified atom stereocenters. The van der Waals surface area contributed by atoms with Crippen molar-refractivity contribution in [1.82, 2.24) is 4.98 Å². The smallest absolute Gasteiger partial charge is 0.146 e. The Balaban J connectivity index is 3.17. The van der Waals surface area contributed by atoms with Crippen LogP contribution in [-0.2, 0) is 5.41 Å². The van der Waals surface area contributed by atoms with Crippen LogP contribution in [0, 0.1) is 5.82 Å². The van der Waals surface area contributed by atoms with Gasteiger partial charge in [0.1, 0.15) is 5.82 Å². The van der Waals surface area contributed by atoms with Crippen LogP contribution in [-0.4, -0.2) is 11.5 Å². The number of rotatable bonds is 3. The number of nitrogens with two attached hydrogens (primary N) is 1. The van der Waals surface area contributed by atoms with Crippen molar-refractivity contribution in [2.45, 2.75) is 25.7 Å². The maximum Gasteiger partial charge on any atom is 0.146 e. The number of hydrogen-bond acceptors (Lipinski definition) is 2. The van der Waals surface area contributed by atoms with E-state index in [0.717, 1.165) is 6.42 Å². The summed E-state index contributed by atoms with van der Waals surface area (Å²) in [5.41, 5.74) is 5.60. The quantitative estimate of drug-likeness (QED) is 0.843. The zero-order valence-electron chi connectivity index (χ0n) is 8.35. The van der Waals surface area contributed by atoms with E-state index < -0.39 is 5.41 Å². The van der Waals surface area contributed by atoms with E-state index in [1.165, 1.54) is 12.3 Å². The second-order valence-corrected chi connectivity index (χ2v) is 4.04. The number of halogens is 2. The Morgan fingerprint density at radius 2 is 2.29 bits per heavy atom. The fraction of sp³-hybridized carbons (Fsp3) is 0.500. The summed E-state index contributed by atoms with van der Waals surface area (Å²) in [6.45, 7) is 4.23. The van der Waals surface area contributed by atoms with E-state index in [1.54, 1.807) is 0 Å². The second kappa shape index (κ2) is 4.24. The molecule has 2 nitrogen and oxygen atoms in total. The molecule has 78 valence electrons. The van der Waals surface area contributed by atoms with E-state index in [4.69, 9.17) is 17.3 Å². The summed E-state index contributed by atoms with van der Waals surface area (Å²) >= 11 is 5.62. The van der Waals surface area contributed by atoms with E-state index in [9.17, 15) is 4.39 Å². The molecule has 2 N–H and O–H groups in total. The van der Waals surface area contributed by atoms with E-state index in [0.29, 0.717) is 17.3 Å². The van der Waals surface area contributed by atoms with E-state index in [2.05, 4.69) is 4.98 Å². The minimum Gasteiger partial charge on any atom is -0.330 e. The maximum absolute atomic E-state index is 13.5. The molecule has 1 rings (SSSR count). The zero-order valence-corrected chi connectivity index (χ0v) is 9.11. The van der Waals surface area contributed by atoms with Crippen molar-refractivity contribution in [2.75, 3.05) is 6.54 Å². The predicted molar refractivity (Wildman–Crippen MR) is 55.9 cm³/mol. The van der Waals surface area contributed by atoms with Gasteiger partial charge in [-0.25, -0.2) is 4.39 Å². The van der Waals surface area contributed by atoms with E-state index in [1.807, 2.05) is 13.8 Å². The molecule has 0 spiro atoms. The van der Waals surface area contributed by atoms with Gasteiger partial charge < -0.3 is 5.73 Å². The number of pyridine rings is 1. The Hall–Kier alpha value is -0.670. The molecule has 1 heterocycles. The average Bonchev–Trinajstić information content (AvgIpc) is 2.17. The Morgan fingerprint density at radius 1 is 1.64 bits per heavy atom. The first-order valence-corrected chi connectivity index (χ1v) is 4.93. The third-order valence-corrected chi connectivity index (χ3v) is 2.82. The van der Waals surface area contributed by atoms with Gasteiger partial charge in [-0.3, -0.25) is 4.98 Å². The van der Waals surface area contributed by atoms with Gasteiger partial charge in [-0.15, -0.1) is 0 Å². The summed E-state index contributed by atoms with van der Waals surface area (Å²) in [6, 6.07) is 1.27. The molecule has 0 aliphatic carbocycles. The van der Waals surface area contributed by atoms with E-state index in [-0.39, 0.29) is 5.82 Å². The van der Waals surface area contributed by atoms with Crippen LogP contribution in [0.15, 0.2) is 12.3 Å². The lowest BCUT2D eigenvalue weighted by molar-refractivity contribution is 0.423. The maximum atomic E-state index is 13.5. The number of hydrogen-bond donors (Lipinski definition) is 1. The van der Waals surface area contributed by atoms with Crippen molar-refractivity contribution in [1.29, 1.82) is 0 Å². The third-order valence-electron chi connectivity index (χ3n) is 2.61. The lowest BCUT2D eigenvalue weighted by Gasteiger charge is -2.25. The van der Waals surface area contributed by atoms with Crippen molar-refractivity contribution in [3.8, 4) is 0 Å². The predicted octanol–water partition coefficient (Wildman–Crippen LogP) is 2.50. The van der Waals surface area contributed by atoms with Crippen molar-refractivity contribution in [3.05, 3.63) is 28.8 Å². The van der Waals surface area contributed by atoms with Gasteiger partial charge in [0.25, 0.3) is 0 Å². The van der Waals surface area contributed by atoms with Crippen LogP contribution in [0.1, 0.15) is 26.0 Å². The second-order valence-electron chi connectivity index (χ2n) is 3.60. The van der Waals surface area contributed by atoms with Crippen LogP contribution < -0.4 is 5.73 Å². The van der Waals surface area contributed by atoms with Gasteiger partial charge in [0, 0.05) is 18.2 Å². The van der Waals surface area contributed by atoms with Gasteiger partial charge in [-0.2, -0.15) is 0 Å². The van der Waals surface area contributed by atoms with Crippen LogP contribution in [0.2, 0.25) is 5.02 Å². The molecular formula is C10H14ClFN2. The molecule has 0 amide bonds. The Kier molecular flexibility index (Phi) is 3.45. The Bertz CT molecular complexity index is 324. The van der Waals surface area contributed by atoms with Gasteiger partial charge in [0.05, 0.1) is 10.7 Å². The van der Waals surface area contributed by atoms with Crippen molar-refractivity contribution in [3.63, 3.8) is 0 Å². The standard InChI is InChI=1S/C10H14ClFN2/c1-3-10(2,6-13)9-8(12)4-7(11)5-14-9/h4-5H,3,6,13H2,1-2H3. The normalized spacial score (nSPS) is 15.2. The molecule has 1 atom stereocenters. The molecule has 0 bridgehead atoms. The highest BCUT2D eigenvalue weighted by Gasteiger charge is 2.27. The summed E-state index contributed by atoms with van der Waals surface area (Å²) in [6.07, 6.45) is 2.19. The van der Waals surface area contributed by atoms with Gasteiger partial charge in [-0.05, 0) is 12.5 Å². The first-order valence-electron chi connectivity index (χ1n) is 4.55. The highest BCUT2D eigenvalue weighted by atomic mass is 35.5. The van der Waals surface area contributed by atoms with Crippen LogP contribution in [0.5, 0.6) is 0 Å². The van der Waals surface area contributed by atoms with Crippen molar-refractivity contribution >= 4 is 11.6 Å². The largest absolute Gasteiger partial charge is 0.330 e. The topological polar surface area (TPSA) is 38.9 Å². The molecule has 0 fully saturated rings. The fourth-order valence-corrected chi connectivity index (χ4v) is 1.41. The average molecular weight is 217 g/mol. The summed E-state index contributed by atoms with van der Waals surface area (Å²) in [5.74, 6) is -0.382. The summed E-state index contributed by atoms with van der Waals surface area (Å²) < 4.78 is 13.5. The molecule has 1 aromatic rings. The van der Waals surface area contributed by atoms with Crippen molar-refractivity contribution < 1.29 is 4.39 Å². The van der Waals surface area contributed by atoms with Gasteiger partial charge in [-0.1, -0.05) is 25.4 Å². The molecule has 14 heavy (non-hydrogen) atoms. The number of aromatic nitrogens is 1. The lowest BCUT2D eigenvalue weighted by Crippen LogP contribution is -2.33. The number of nitrogens with zero attached hydrogens (tertiary/aromatic N) is 1. The molecule has 0 aliphatic heterocycles. The Morgan fingerprint density at radius 3 is 2.71 bits per heavy atom. The van der Waals surface area contributed by atoms with Crippen LogP contribution in [0.4, 0.5) is 4.39 Å². The van der Waals surface area contributed by atoms with Gasteiger partial charge in [0.2, 0.25) is 0 Å². The van der Waals surface area contributed by atoms with E-state index >= 15 is 0 Å². The van der Waals surface area contributed by atoms with Gasteiger partial charge >= 0.3 is 0 Å². The SMILES string of the molecule is CCC(C)(CN)c1ncc(Cl)cc1F. The first kappa shape index (κ1) is 11.4. The molecule has 0 radical (unpaired) electrons. The molecule has 0 saturated heterocycles. The fourth-order valence-electron chi connectivity index (χ4n) is 1.27. The minimum absolute atomic E-state index is 0.307. The molecule has 0 saturated carbocycles. The van der Waals surface area contributed by atoms with Gasteiger partial charge in [0.15, 0.2) is 0 Å². The first-order chi connectivity index (χ1) is 6.53. The lowest BCUT2D eigenvalue weighted by atomic mass is 9.83. The highest BCUT2D eigenvalue weighted by Crippen LogP contribution is 2.27. The monoisotopic (exact) mass is 216 g/mol. The Labute approximate surface area is 88.3 Å². The summed E-state index contributed by atoms with van der Waals surface area (Å²) in [7, 11) is 0. The highest BCUT2D eigenvalue weighted by molar-refractivity contribution is 6.30. The van der Waals surface area contributed by atoms with Crippen molar-refractivity contribution in [2.24, 2.45) is 5.73 Å². The van der Waals surface area contributed by atoms with Crippen LogP contribution in [0.3, 0.4) is 0 Å². The summed E-state index contributed by atoms with van der Waals surface area (Å²) in [5, 5.41) is 0.307. The molecule has 0 aromatic carbocycles. The molecule has 4 heteroatoms. The molecular weight excluding hydrogens is 203 g/mol. The van der Waals surface area contributed by atoms with Crippen LogP contribution in [0.25, 0.3) is 0 Å². The zero-order chi connectivity index (χ0) is 10.8. The van der Waals surface area contributed by atoms with Crippen LogP contribution >= 0.6 is 11.6 Å².